The Kier molecular flexibility index (Phi) is 7.85. The van der Waals surface area contributed by atoms with Crippen molar-refractivity contribution in [3.63, 3.8) is 0 Å². The third-order valence-corrected chi connectivity index (χ3v) is 6.10. The van der Waals surface area contributed by atoms with Crippen LogP contribution < -0.4 is 4.90 Å². The lowest BCUT2D eigenvalue weighted by molar-refractivity contribution is -0.384. The van der Waals surface area contributed by atoms with E-state index in [1.54, 1.807) is 13.8 Å². The zero-order valence-electron chi connectivity index (χ0n) is 19.4. The van der Waals surface area contributed by atoms with E-state index >= 15 is 0 Å². The Balaban J connectivity index is 1.93. The molecule has 3 rings (SSSR count). The summed E-state index contributed by atoms with van der Waals surface area (Å²) in [6.45, 7) is 5.45. The van der Waals surface area contributed by atoms with Gasteiger partial charge in [-0.3, -0.25) is 24.5 Å². The van der Waals surface area contributed by atoms with Crippen LogP contribution in [0.15, 0.2) is 42.5 Å². The van der Waals surface area contributed by atoms with Crippen LogP contribution in [0, 0.1) is 10.1 Å². The molecule has 184 valence electrons. The molecule has 10 nitrogen and oxygen atoms in total. The molecular formula is C24H24ClN3O7. The fourth-order valence-electron chi connectivity index (χ4n) is 3.85. The van der Waals surface area contributed by atoms with Gasteiger partial charge in [0.2, 0.25) is 5.91 Å². The smallest absolute Gasteiger partial charge is 0.338 e. The van der Waals surface area contributed by atoms with Crippen LogP contribution in [0.25, 0.3) is 0 Å². The van der Waals surface area contributed by atoms with Gasteiger partial charge in [0.25, 0.3) is 17.5 Å². The van der Waals surface area contributed by atoms with Crippen molar-refractivity contribution in [3.05, 3.63) is 68.7 Å². The number of carbonyl (C=O) groups excluding carboxylic acids is 4. The highest BCUT2D eigenvalue weighted by Crippen LogP contribution is 2.31. The lowest BCUT2D eigenvalue weighted by Gasteiger charge is -2.33. The topological polar surface area (TPSA) is 127 Å². The number of hydrogen-bond donors (Lipinski definition) is 0. The fourth-order valence-corrected chi connectivity index (χ4v) is 4.03. The van der Waals surface area contributed by atoms with Crippen LogP contribution in [0.5, 0.6) is 0 Å². The molecule has 1 saturated heterocycles. The quantitative estimate of drug-likeness (QED) is 0.231. The molecule has 0 aliphatic carbocycles. The third-order valence-electron chi connectivity index (χ3n) is 5.79. The molecule has 1 fully saturated rings. The van der Waals surface area contributed by atoms with E-state index < -0.39 is 46.4 Å². The lowest BCUT2D eigenvalue weighted by atomic mass is 10.1. The summed E-state index contributed by atoms with van der Waals surface area (Å²) in [4.78, 5) is 64.4. The Morgan fingerprint density at radius 1 is 1.17 bits per heavy atom. The monoisotopic (exact) mass is 501 g/mol. The first kappa shape index (κ1) is 25.8. The second-order valence-corrected chi connectivity index (χ2v) is 8.35. The van der Waals surface area contributed by atoms with Gasteiger partial charge in [0.1, 0.15) is 11.1 Å². The molecule has 2 aromatic rings. The lowest BCUT2D eigenvalue weighted by Crippen LogP contribution is -2.49. The molecule has 2 aromatic carbocycles. The van der Waals surface area contributed by atoms with Crippen molar-refractivity contribution in [2.24, 2.45) is 0 Å². The number of carbonyl (C=O) groups is 4. The highest BCUT2D eigenvalue weighted by atomic mass is 35.5. The predicted octanol–water partition coefficient (Wildman–Crippen LogP) is 4.00. The number of esters is 1. The fraction of sp³-hybridized carbons (Fsp3) is 0.333. The van der Waals surface area contributed by atoms with E-state index in [2.05, 4.69) is 0 Å². The van der Waals surface area contributed by atoms with Crippen molar-refractivity contribution in [2.75, 3.05) is 11.5 Å². The largest absolute Gasteiger partial charge is 0.462 e. The van der Waals surface area contributed by atoms with Crippen molar-refractivity contribution in [1.82, 2.24) is 4.90 Å². The van der Waals surface area contributed by atoms with Crippen molar-refractivity contribution in [3.8, 4) is 0 Å². The number of imide groups is 1. The first-order valence-electron chi connectivity index (χ1n) is 11.0. The van der Waals surface area contributed by atoms with Crippen LogP contribution in [0.4, 0.5) is 11.4 Å². The molecule has 2 atom stereocenters. The van der Waals surface area contributed by atoms with Crippen LogP contribution >= 0.6 is 11.6 Å². The van der Waals surface area contributed by atoms with Gasteiger partial charge in [-0.25, -0.2) is 9.69 Å². The zero-order chi connectivity index (χ0) is 25.9. The number of nitro groups is 1. The third kappa shape index (κ3) is 5.17. The Hall–Kier alpha value is -3.79. The summed E-state index contributed by atoms with van der Waals surface area (Å²) in [5.74, 6) is -2.26. The summed E-state index contributed by atoms with van der Waals surface area (Å²) in [5.41, 5.74) is 0.0823. The summed E-state index contributed by atoms with van der Waals surface area (Å²) in [6, 6.07) is 7.95. The molecule has 11 heteroatoms. The summed E-state index contributed by atoms with van der Waals surface area (Å²) >= 11 is 5.87. The van der Waals surface area contributed by atoms with Crippen molar-refractivity contribution in [1.29, 1.82) is 0 Å². The van der Waals surface area contributed by atoms with Gasteiger partial charge in [-0.1, -0.05) is 18.5 Å². The number of nitro benzene ring substituents is 1. The Morgan fingerprint density at radius 3 is 2.37 bits per heavy atom. The van der Waals surface area contributed by atoms with E-state index in [9.17, 15) is 29.3 Å². The molecular weight excluding hydrogens is 478 g/mol. The SMILES string of the molecule is CCOC(=O)c1ccc(N2C(=O)CC(N(C(=O)c3ccc(Cl)c([N+](=O)[O-])c3)C(C)CC)C2=O)cc1. The molecule has 0 bridgehead atoms. The Morgan fingerprint density at radius 2 is 1.80 bits per heavy atom. The Labute approximate surface area is 206 Å². The standard InChI is InChI=1S/C24H24ClN3O7/c1-4-14(3)26(22(30)16-8-11-18(25)19(12-16)28(33)34)20-13-21(29)27(23(20)31)17-9-6-15(7-10-17)24(32)35-5-2/h6-12,14,20H,4-5,13H2,1-3H3. The summed E-state index contributed by atoms with van der Waals surface area (Å²) in [7, 11) is 0. The van der Waals surface area contributed by atoms with E-state index in [-0.39, 0.29) is 34.9 Å². The van der Waals surface area contributed by atoms with Gasteiger partial charge in [-0.15, -0.1) is 0 Å². The van der Waals surface area contributed by atoms with E-state index in [1.807, 2.05) is 6.92 Å². The molecule has 0 spiro atoms. The maximum Gasteiger partial charge on any atom is 0.338 e. The number of anilines is 1. The van der Waals surface area contributed by atoms with E-state index in [1.165, 1.54) is 41.3 Å². The predicted molar refractivity (Wildman–Crippen MR) is 127 cm³/mol. The second-order valence-electron chi connectivity index (χ2n) is 7.95. The number of nitrogens with zero attached hydrogens (tertiary/aromatic N) is 3. The number of amides is 3. The molecule has 0 N–H and O–H groups in total. The average molecular weight is 502 g/mol. The molecule has 0 aromatic heterocycles. The molecule has 0 radical (unpaired) electrons. The van der Waals surface area contributed by atoms with Gasteiger partial charge in [-0.2, -0.15) is 0 Å². The maximum absolute atomic E-state index is 13.4. The molecule has 1 heterocycles. The van der Waals surface area contributed by atoms with Crippen LogP contribution in [-0.2, 0) is 14.3 Å². The molecule has 2 unspecified atom stereocenters. The van der Waals surface area contributed by atoms with E-state index in [4.69, 9.17) is 16.3 Å². The summed E-state index contributed by atoms with van der Waals surface area (Å²) in [6.07, 6.45) is 0.234. The molecule has 1 aliphatic heterocycles. The maximum atomic E-state index is 13.4. The highest BCUT2D eigenvalue weighted by Gasteiger charge is 2.46. The second kappa shape index (κ2) is 10.6. The average Bonchev–Trinajstić information content (AvgIpc) is 3.12. The Bertz CT molecular complexity index is 1180. The molecule has 0 saturated carbocycles. The number of ether oxygens (including phenoxy) is 1. The normalized spacial score (nSPS) is 16.2. The van der Waals surface area contributed by atoms with Gasteiger partial charge < -0.3 is 9.64 Å². The molecule has 35 heavy (non-hydrogen) atoms. The molecule has 1 aliphatic rings. The van der Waals surface area contributed by atoms with Gasteiger partial charge >= 0.3 is 5.97 Å². The highest BCUT2D eigenvalue weighted by molar-refractivity contribution is 6.32. The molecule has 3 amide bonds. The number of hydrogen-bond acceptors (Lipinski definition) is 7. The first-order valence-corrected chi connectivity index (χ1v) is 11.4. The van der Waals surface area contributed by atoms with Crippen LogP contribution in [0.2, 0.25) is 5.02 Å². The first-order chi connectivity index (χ1) is 16.6. The van der Waals surface area contributed by atoms with Crippen molar-refractivity contribution >= 4 is 46.7 Å². The van der Waals surface area contributed by atoms with Gasteiger partial charge in [0.15, 0.2) is 0 Å². The van der Waals surface area contributed by atoms with Gasteiger partial charge in [0.05, 0.1) is 29.2 Å². The van der Waals surface area contributed by atoms with Gasteiger partial charge in [0, 0.05) is 17.7 Å². The number of benzene rings is 2. The van der Waals surface area contributed by atoms with Crippen LogP contribution in [0.3, 0.4) is 0 Å². The van der Waals surface area contributed by atoms with E-state index in [0.29, 0.717) is 6.42 Å². The van der Waals surface area contributed by atoms with Crippen molar-refractivity contribution < 1.29 is 28.8 Å². The minimum Gasteiger partial charge on any atom is -0.462 e. The minimum atomic E-state index is -1.09. The van der Waals surface area contributed by atoms with Gasteiger partial charge in [-0.05, 0) is 56.7 Å². The summed E-state index contributed by atoms with van der Waals surface area (Å²) in [5, 5.41) is 11.2. The number of halogens is 1. The zero-order valence-corrected chi connectivity index (χ0v) is 20.2. The van der Waals surface area contributed by atoms with E-state index in [0.717, 1.165) is 11.0 Å². The minimum absolute atomic E-state index is 0.0149. The van der Waals surface area contributed by atoms with Crippen molar-refractivity contribution in [2.45, 2.75) is 45.7 Å². The van der Waals surface area contributed by atoms with Crippen LogP contribution in [0.1, 0.15) is 54.3 Å². The van der Waals surface area contributed by atoms with Crippen LogP contribution in [-0.4, -0.2) is 52.2 Å². The number of rotatable bonds is 8. The summed E-state index contributed by atoms with van der Waals surface area (Å²) < 4.78 is 4.94.